The quantitative estimate of drug-likeness (QED) is 0.699. The van der Waals surface area contributed by atoms with E-state index in [2.05, 4.69) is 24.3 Å². The zero-order valence-electron chi connectivity index (χ0n) is 16.1. The second kappa shape index (κ2) is 6.78. The van der Waals surface area contributed by atoms with E-state index in [1.807, 2.05) is 24.3 Å². The fourth-order valence-corrected chi connectivity index (χ4v) is 3.64. The summed E-state index contributed by atoms with van der Waals surface area (Å²) in [4.78, 5) is 12.9. The minimum absolute atomic E-state index is 0.0654. The first kappa shape index (κ1) is 18.2. The summed E-state index contributed by atoms with van der Waals surface area (Å²) in [6, 6.07) is 13.6. The van der Waals surface area contributed by atoms with Gasteiger partial charge in [-0.05, 0) is 60.4 Å². The van der Waals surface area contributed by atoms with Crippen LogP contribution >= 0.6 is 0 Å². The van der Waals surface area contributed by atoms with Crippen molar-refractivity contribution in [3.63, 3.8) is 0 Å². The Balaban J connectivity index is 1.80. The van der Waals surface area contributed by atoms with Gasteiger partial charge in [-0.1, -0.05) is 13.8 Å². The highest BCUT2D eigenvalue weighted by atomic mass is 19.1. The summed E-state index contributed by atoms with van der Waals surface area (Å²) in [7, 11) is 1.61. The van der Waals surface area contributed by atoms with Gasteiger partial charge in [0.2, 0.25) is 0 Å². The highest BCUT2D eigenvalue weighted by molar-refractivity contribution is 6.03. The van der Waals surface area contributed by atoms with Crippen molar-refractivity contribution in [2.75, 3.05) is 12.4 Å². The first-order chi connectivity index (χ1) is 13.4. The molecule has 4 rings (SSSR count). The Bertz CT molecular complexity index is 1020. The first-order valence-corrected chi connectivity index (χ1v) is 9.18. The summed E-state index contributed by atoms with van der Waals surface area (Å²) in [6.45, 7) is 4.15. The highest BCUT2D eigenvalue weighted by Crippen LogP contribution is 2.39. The van der Waals surface area contributed by atoms with E-state index in [-0.39, 0.29) is 17.0 Å². The Morgan fingerprint density at radius 3 is 2.39 bits per heavy atom. The SMILES string of the molecule is COc1ccc(Nc2nn(-c3ccc(F)cc3)c3c2C(=O)CC(C)(C)C3)cc1. The molecule has 1 aromatic heterocycles. The Labute approximate surface area is 163 Å². The number of aromatic nitrogens is 2. The van der Waals surface area contributed by atoms with Gasteiger partial charge >= 0.3 is 0 Å². The summed E-state index contributed by atoms with van der Waals surface area (Å²) in [5, 5.41) is 7.94. The van der Waals surface area contributed by atoms with Crippen LogP contribution in [0.5, 0.6) is 5.75 Å². The van der Waals surface area contributed by atoms with Gasteiger partial charge in [0, 0.05) is 12.1 Å². The van der Waals surface area contributed by atoms with Crippen molar-refractivity contribution < 1.29 is 13.9 Å². The molecule has 1 heterocycles. The monoisotopic (exact) mass is 379 g/mol. The summed E-state index contributed by atoms with van der Waals surface area (Å²) in [6.07, 6.45) is 1.18. The van der Waals surface area contributed by atoms with Crippen LogP contribution in [-0.4, -0.2) is 22.7 Å². The molecule has 0 spiro atoms. The van der Waals surface area contributed by atoms with E-state index in [0.717, 1.165) is 22.8 Å². The molecule has 1 aliphatic carbocycles. The maximum Gasteiger partial charge on any atom is 0.169 e. The molecular formula is C22H22FN3O2. The fraction of sp³-hybridized carbons (Fsp3) is 0.273. The number of ether oxygens (including phenoxy) is 1. The van der Waals surface area contributed by atoms with Gasteiger partial charge in [-0.15, -0.1) is 5.10 Å². The molecule has 0 saturated carbocycles. The van der Waals surface area contributed by atoms with E-state index in [1.165, 1.54) is 12.1 Å². The predicted molar refractivity (Wildman–Crippen MR) is 106 cm³/mol. The normalized spacial score (nSPS) is 15.2. The average Bonchev–Trinajstić information content (AvgIpc) is 3.00. The van der Waals surface area contributed by atoms with Crippen LogP contribution in [0.2, 0.25) is 0 Å². The number of methoxy groups -OCH3 is 1. The number of rotatable bonds is 4. The van der Waals surface area contributed by atoms with Gasteiger partial charge < -0.3 is 10.1 Å². The van der Waals surface area contributed by atoms with Crippen LogP contribution in [0.4, 0.5) is 15.9 Å². The summed E-state index contributed by atoms with van der Waals surface area (Å²) in [5.41, 5.74) is 2.85. The molecule has 0 unspecified atom stereocenters. The van der Waals surface area contributed by atoms with Gasteiger partial charge in [0.15, 0.2) is 11.6 Å². The molecule has 0 atom stereocenters. The number of nitrogens with one attached hydrogen (secondary N) is 1. The van der Waals surface area contributed by atoms with E-state index in [4.69, 9.17) is 4.74 Å². The highest BCUT2D eigenvalue weighted by Gasteiger charge is 2.36. The maximum absolute atomic E-state index is 13.4. The van der Waals surface area contributed by atoms with Crippen molar-refractivity contribution in [2.24, 2.45) is 5.41 Å². The zero-order chi connectivity index (χ0) is 19.9. The molecule has 1 aliphatic rings. The largest absolute Gasteiger partial charge is 0.497 e. The number of halogens is 1. The molecule has 6 heteroatoms. The second-order valence-electron chi connectivity index (χ2n) is 7.85. The van der Waals surface area contributed by atoms with Gasteiger partial charge in [-0.2, -0.15) is 0 Å². The van der Waals surface area contributed by atoms with Crippen LogP contribution in [0.15, 0.2) is 48.5 Å². The van der Waals surface area contributed by atoms with Crippen LogP contribution < -0.4 is 10.1 Å². The molecule has 2 aromatic carbocycles. The van der Waals surface area contributed by atoms with Crippen molar-refractivity contribution in [3.8, 4) is 11.4 Å². The van der Waals surface area contributed by atoms with Crippen LogP contribution in [0.25, 0.3) is 5.69 Å². The Hall–Kier alpha value is -3.15. The molecule has 1 N–H and O–H groups in total. The van der Waals surface area contributed by atoms with Crippen LogP contribution in [-0.2, 0) is 6.42 Å². The van der Waals surface area contributed by atoms with Gasteiger partial charge in [0.1, 0.15) is 11.6 Å². The van der Waals surface area contributed by atoms with Gasteiger partial charge in [-0.3, -0.25) is 4.79 Å². The van der Waals surface area contributed by atoms with Gasteiger partial charge in [0.25, 0.3) is 0 Å². The number of carbonyl (C=O) groups excluding carboxylic acids is 1. The van der Waals surface area contributed by atoms with Crippen molar-refractivity contribution in [3.05, 3.63) is 65.6 Å². The van der Waals surface area contributed by atoms with Crippen LogP contribution in [0.1, 0.15) is 36.3 Å². The van der Waals surface area contributed by atoms with E-state index in [0.29, 0.717) is 24.2 Å². The molecule has 0 bridgehead atoms. The first-order valence-electron chi connectivity index (χ1n) is 9.18. The molecule has 3 aromatic rings. The summed E-state index contributed by atoms with van der Waals surface area (Å²) in [5.74, 6) is 1.03. The predicted octanol–water partition coefficient (Wildman–Crippen LogP) is 4.92. The van der Waals surface area contributed by atoms with Crippen molar-refractivity contribution in [1.82, 2.24) is 9.78 Å². The summed E-state index contributed by atoms with van der Waals surface area (Å²) >= 11 is 0. The zero-order valence-corrected chi connectivity index (χ0v) is 16.1. The van der Waals surface area contributed by atoms with Gasteiger partial charge in [-0.25, -0.2) is 9.07 Å². The number of hydrogen-bond acceptors (Lipinski definition) is 4. The Morgan fingerprint density at radius 1 is 1.07 bits per heavy atom. The van der Waals surface area contributed by atoms with Crippen LogP contribution in [0.3, 0.4) is 0 Å². The van der Waals surface area contributed by atoms with Gasteiger partial charge in [0.05, 0.1) is 24.1 Å². The van der Waals surface area contributed by atoms with E-state index in [9.17, 15) is 9.18 Å². The molecule has 0 amide bonds. The third-order valence-electron chi connectivity index (χ3n) is 4.97. The number of hydrogen-bond donors (Lipinski definition) is 1. The lowest BCUT2D eigenvalue weighted by Crippen LogP contribution is -2.28. The molecule has 144 valence electrons. The van der Waals surface area contributed by atoms with E-state index < -0.39 is 0 Å². The van der Waals surface area contributed by atoms with Crippen molar-refractivity contribution in [1.29, 1.82) is 0 Å². The molecule has 0 aliphatic heterocycles. The van der Waals surface area contributed by atoms with E-state index >= 15 is 0 Å². The molecule has 0 saturated heterocycles. The second-order valence-corrected chi connectivity index (χ2v) is 7.85. The van der Waals surface area contributed by atoms with Crippen molar-refractivity contribution in [2.45, 2.75) is 26.7 Å². The molecular weight excluding hydrogens is 357 g/mol. The number of fused-ring (bicyclic) bond motifs is 1. The topological polar surface area (TPSA) is 56.1 Å². The summed E-state index contributed by atoms with van der Waals surface area (Å²) < 4.78 is 20.3. The molecule has 0 fully saturated rings. The number of carbonyl (C=O) groups is 1. The number of Topliss-reactive ketones (excluding diaryl/α,β-unsaturated/α-hetero) is 1. The Morgan fingerprint density at radius 2 is 1.75 bits per heavy atom. The fourth-order valence-electron chi connectivity index (χ4n) is 3.64. The third-order valence-corrected chi connectivity index (χ3v) is 4.97. The standard InChI is InChI=1S/C22H22FN3O2/c1-22(2)12-18-20(19(27)13-22)21(24-15-6-10-17(28-3)11-7-15)25-26(18)16-8-4-14(23)5-9-16/h4-11H,12-13H2,1-3H3,(H,24,25). The molecule has 28 heavy (non-hydrogen) atoms. The number of nitrogens with zero attached hydrogens (tertiary/aromatic N) is 2. The average molecular weight is 379 g/mol. The number of benzene rings is 2. The minimum Gasteiger partial charge on any atom is -0.497 e. The lowest BCUT2D eigenvalue weighted by Gasteiger charge is -2.29. The Kier molecular flexibility index (Phi) is 4.41. The lowest BCUT2D eigenvalue weighted by molar-refractivity contribution is 0.0912. The number of ketones is 1. The molecule has 0 radical (unpaired) electrons. The number of anilines is 2. The maximum atomic E-state index is 13.4. The molecule has 5 nitrogen and oxygen atoms in total. The smallest absolute Gasteiger partial charge is 0.169 e. The van der Waals surface area contributed by atoms with E-state index in [1.54, 1.807) is 23.9 Å². The third kappa shape index (κ3) is 3.38. The lowest BCUT2D eigenvalue weighted by atomic mass is 9.76. The van der Waals surface area contributed by atoms with Crippen LogP contribution in [0, 0.1) is 11.2 Å². The van der Waals surface area contributed by atoms with Crippen molar-refractivity contribution >= 4 is 17.3 Å². The minimum atomic E-state index is -0.308.